The van der Waals surface area contributed by atoms with Crippen LogP contribution in [0.1, 0.15) is 29.1 Å². The fourth-order valence-corrected chi connectivity index (χ4v) is 3.64. The van der Waals surface area contributed by atoms with E-state index in [9.17, 15) is 0 Å². The molecule has 1 aromatic heterocycles. The summed E-state index contributed by atoms with van der Waals surface area (Å²) < 4.78 is 0. The normalized spacial score (nSPS) is 22.1. The first kappa shape index (κ1) is 11.9. The summed E-state index contributed by atoms with van der Waals surface area (Å²) in [5.41, 5.74) is 2.41. The van der Waals surface area contributed by atoms with Crippen molar-refractivity contribution in [3.63, 3.8) is 0 Å². The molecule has 2 atom stereocenters. The van der Waals surface area contributed by atoms with Gasteiger partial charge >= 0.3 is 0 Å². The summed E-state index contributed by atoms with van der Waals surface area (Å²) in [7, 11) is 1.99. The maximum atomic E-state index is 4.89. The number of thiazole rings is 1. The SMILES string of the molecule is CNCc1sc(C2CC2C)nc1-c1ccccc1. The average molecular weight is 258 g/mol. The molecule has 1 aliphatic rings. The van der Waals surface area contributed by atoms with E-state index in [2.05, 4.69) is 42.6 Å². The highest BCUT2D eigenvalue weighted by Crippen LogP contribution is 2.49. The first-order valence-corrected chi connectivity index (χ1v) is 7.31. The molecule has 3 rings (SSSR count). The first-order chi connectivity index (χ1) is 8.79. The molecule has 0 radical (unpaired) electrons. The molecule has 0 saturated heterocycles. The van der Waals surface area contributed by atoms with Crippen LogP contribution in [-0.2, 0) is 6.54 Å². The third-order valence-corrected chi connectivity index (χ3v) is 4.71. The van der Waals surface area contributed by atoms with Gasteiger partial charge in [0, 0.05) is 22.9 Å². The molecule has 0 spiro atoms. The molecule has 1 heterocycles. The number of nitrogens with one attached hydrogen (secondary N) is 1. The zero-order chi connectivity index (χ0) is 12.5. The third-order valence-electron chi connectivity index (χ3n) is 3.53. The Bertz CT molecular complexity index is 533. The minimum absolute atomic E-state index is 0.711. The van der Waals surface area contributed by atoms with Crippen LogP contribution in [0.5, 0.6) is 0 Å². The Labute approximate surface area is 112 Å². The summed E-state index contributed by atoms with van der Waals surface area (Å²) in [5, 5.41) is 4.57. The van der Waals surface area contributed by atoms with Crippen molar-refractivity contribution >= 4 is 11.3 Å². The van der Waals surface area contributed by atoms with Gasteiger partial charge in [0.2, 0.25) is 0 Å². The second-order valence-electron chi connectivity index (χ2n) is 5.04. The number of benzene rings is 1. The van der Waals surface area contributed by atoms with Crippen molar-refractivity contribution in [2.75, 3.05) is 7.05 Å². The van der Waals surface area contributed by atoms with Crippen molar-refractivity contribution in [1.29, 1.82) is 0 Å². The van der Waals surface area contributed by atoms with Gasteiger partial charge in [-0.05, 0) is 19.4 Å². The molecular weight excluding hydrogens is 240 g/mol. The highest BCUT2D eigenvalue weighted by Gasteiger charge is 2.37. The highest BCUT2D eigenvalue weighted by molar-refractivity contribution is 7.12. The van der Waals surface area contributed by atoms with E-state index in [0.717, 1.165) is 12.5 Å². The lowest BCUT2D eigenvalue weighted by Crippen LogP contribution is -2.04. The van der Waals surface area contributed by atoms with E-state index in [1.807, 2.05) is 18.4 Å². The minimum Gasteiger partial charge on any atom is -0.315 e. The van der Waals surface area contributed by atoms with E-state index in [-0.39, 0.29) is 0 Å². The van der Waals surface area contributed by atoms with Gasteiger partial charge in [-0.2, -0.15) is 0 Å². The molecule has 1 fully saturated rings. The molecule has 18 heavy (non-hydrogen) atoms. The zero-order valence-corrected chi connectivity index (χ0v) is 11.6. The maximum absolute atomic E-state index is 4.89. The Morgan fingerprint density at radius 2 is 2.06 bits per heavy atom. The van der Waals surface area contributed by atoms with Gasteiger partial charge in [0.05, 0.1) is 10.7 Å². The Kier molecular flexibility index (Phi) is 3.18. The highest BCUT2D eigenvalue weighted by atomic mass is 32.1. The Balaban J connectivity index is 1.99. The van der Waals surface area contributed by atoms with Crippen LogP contribution in [0.3, 0.4) is 0 Å². The summed E-state index contributed by atoms with van der Waals surface area (Å²) in [6.07, 6.45) is 1.31. The molecule has 0 amide bonds. The smallest absolute Gasteiger partial charge is 0.0969 e. The molecule has 1 aliphatic carbocycles. The molecule has 94 valence electrons. The zero-order valence-electron chi connectivity index (χ0n) is 10.8. The van der Waals surface area contributed by atoms with Gasteiger partial charge in [0.25, 0.3) is 0 Å². The maximum Gasteiger partial charge on any atom is 0.0969 e. The van der Waals surface area contributed by atoms with Gasteiger partial charge in [-0.15, -0.1) is 11.3 Å². The second-order valence-corrected chi connectivity index (χ2v) is 6.15. The van der Waals surface area contributed by atoms with Crippen molar-refractivity contribution < 1.29 is 0 Å². The van der Waals surface area contributed by atoms with E-state index >= 15 is 0 Å². The molecule has 2 aromatic rings. The van der Waals surface area contributed by atoms with Crippen LogP contribution < -0.4 is 5.32 Å². The molecule has 2 nitrogen and oxygen atoms in total. The van der Waals surface area contributed by atoms with Crippen molar-refractivity contribution in [2.45, 2.75) is 25.8 Å². The van der Waals surface area contributed by atoms with Gasteiger partial charge in [0.1, 0.15) is 0 Å². The summed E-state index contributed by atoms with van der Waals surface area (Å²) in [6, 6.07) is 10.5. The van der Waals surface area contributed by atoms with Crippen LogP contribution >= 0.6 is 11.3 Å². The van der Waals surface area contributed by atoms with E-state index < -0.39 is 0 Å². The fraction of sp³-hybridized carbons (Fsp3) is 0.400. The molecule has 0 bridgehead atoms. The van der Waals surface area contributed by atoms with Crippen molar-refractivity contribution in [1.82, 2.24) is 10.3 Å². The lowest BCUT2D eigenvalue weighted by atomic mass is 10.1. The molecular formula is C15H18N2S. The monoisotopic (exact) mass is 258 g/mol. The van der Waals surface area contributed by atoms with Crippen LogP contribution in [0.4, 0.5) is 0 Å². The molecule has 2 unspecified atom stereocenters. The second kappa shape index (κ2) is 4.82. The van der Waals surface area contributed by atoms with Crippen molar-refractivity contribution in [3.8, 4) is 11.3 Å². The number of rotatable bonds is 4. The van der Waals surface area contributed by atoms with Crippen molar-refractivity contribution in [2.24, 2.45) is 5.92 Å². The van der Waals surface area contributed by atoms with Crippen LogP contribution in [0.25, 0.3) is 11.3 Å². The van der Waals surface area contributed by atoms with Gasteiger partial charge in [-0.25, -0.2) is 4.98 Å². The van der Waals surface area contributed by atoms with E-state index in [1.54, 1.807) is 0 Å². The predicted molar refractivity (Wildman–Crippen MR) is 76.8 cm³/mol. The molecule has 0 aliphatic heterocycles. The Hall–Kier alpha value is -1.19. The lowest BCUT2D eigenvalue weighted by molar-refractivity contribution is 0.830. The summed E-state index contributed by atoms with van der Waals surface area (Å²) in [6.45, 7) is 3.22. The topological polar surface area (TPSA) is 24.9 Å². The quantitative estimate of drug-likeness (QED) is 0.905. The van der Waals surface area contributed by atoms with E-state index in [1.165, 1.54) is 27.6 Å². The van der Waals surface area contributed by atoms with Crippen LogP contribution in [0.2, 0.25) is 0 Å². The van der Waals surface area contributed by atoms with Crippen LogP contribution in [0, 0.1) is 5.92 Å². The number of hydrogen-bond donors (Lipinski definition) is 1. The van der Waals surface area contributed by atoms with Crippen molar-refractivity contribution in [3.05, 3.63) is 40.2 Å². The van der Waals surface area contributed by atoms with Gasteiger partial charge in [-0.1, -0.05) is 37.3 Å². The van der Waals surface area contributed by atoms with Crippen LogP contribution in [-0.4, -0.2) is 12.0 Å². The number of nitrogens with zero attached hydrogens (tertiary/aromatic N) is 1. The van der Waals surface area contributed by atoms with Gasteiger partial charge < -0.3 is 5.32 Å². The summed E-state index contributed by atoms with van der Waals surface area (Å²) in [4.78, 5) is 6.25. The first-order valence-electron chi connectivity index (χ1n) is 6.49. The molecule has 1 aromatic carbocycles. The summed E-state index contributed by atoms with van der Waals surface area (Å²) in [5.74, 6) is 1.53. The molecule has 1 saturated carbocycles. The number of hydrogen-bond acceptors (Lipinski definition) is 3. The predicted octanol–water partition coefficient (Wildman–Crippen LogP) is 3.65. The fourth-order valence-electron chi connectivity index (χ4n) is 2.30. The molecule has 1 N–H and O–H groups in total. The largest absolute Gasteiger partial charge is 0.315 e. The Morgan fingerprint density at radius 3 is 2.67 bits per heavy atom. The molecule has 3 heteroatoms. The Morgan fingerprint density at radius 1 is 1.33 bits per heavy atom. The number of aromatic nitrogens is 1. The standard InChI is InChI=1S/C15H18N2S/c1-10-8-12(10)15-17-14(13(18-15)9-16-2)11-6-4-3-5-7-11/h3-7,10,12,16H,8-9H2,1-2H3. The van der Waals surface area contributed by atoms with Crippen LogP contribution in [0.15, 0.2) is 30.3 Å². The summed E-state index contributed by atoms with van der Waals surface area (Å²) >= 11 is 1.88. The van der Waals surface area contributed by atoms with E-state index in [0.29, 0.717) is 5.92 Å². The van der Waals surface area contributed by atoms with E-state index in [4.69, 9.17) is 4.98 Å². The average Bonchev–Trinajstić information content (AvgIpc) is 2.98. The third kappa shape index (κ3) is 2.20. The van der Waals surface area contributed by atoms with Gasteiger partial charge in [-0.3, -0.25) is 0 Å². The van der Waals surface area contributed by atoms with Gasteiger partial charge in [0.15, 0.2) is 0 Å². The minimum atomic E-state index is 0.711. The lowest BCUT2D eigenvalue weighted by Gasteiger charge is -2.00.